The van der Waals surface area contributed by atoms with E-state index < -0.39 is 0 Å². The Morgan fingerprint density at radius 1 is 0.839 bits per heavy atom. The number of benzene rings is 2. The second-order valence-corrected chi connectivity index (χ2v) is 8.41. The molecule has 4 rings (SSSR count). The maximum Gasteiger partial charge on any atom is 0.251 e. The lowest BCUT2D eigenvalue weighted by Gasteiger charge is -2.38. The molecule has 0 saturated carbocycles. The second-order valence-electron chi connectivity index (χ2n) is 8.41. The lowest BCUT2D eigenvalue weighted by Crippen LogP contribution is -2.49. The van der Waals surface area contributed by atoms with Crippen LogP contribution in [0.5, 0.6) is 0 Å². The van der Waals surface area contributed by atoms with Crippen LogP contribution in [0.2, 0.25) is 0 Å². The van der Waals surface area contributed by atoms with Crippen LogP contribution >= 0.6 is 0 Å². The van der Waals surface area contributed by atoms with Crippen molar-refractivity contribution in [3.05, 3.63) is 65.7 Å². The van der Waals surface area contributed by atoms with Gasteiger partial charge in [-0.05, 0) is 62.1 Å². The van der Waals surface area contributed by atoms with Crippen molar-refractivity contribution < 1.29 is 14.4 Å². The molecule has 2 aromatic rings. The molecule has 31 heavy (non-hydrogen) atoms. The molecule has 0 aliphatic carbocycles. The Hall–Kier alpha value is -3.15. The van der Waals surface area contributed by atoms with Crippen LogP contribution in [-0.2, 0) is 4.79 Å². The predicted octanol–water partition coefficient (Wildman–Crippen LogP) is 3.14. The van der Waals surface area contributed by atoms with Gasteiger partial charge in [-0.25, -0.2) is 0 Å². The van der Waals surface area contributed by atoms with Crippen molar-refractivity contribution in [2.75, 3.05) is 31.1 Å². The van der Waals surface area contributed by atoms with E-state index in [1.54, 1.807) is 0 Å². The summed E-state index contributed by atoms with van der Waals surface area (Å²) in [5, 5.41) is 3.10. The fourth-order valence-corrected chi connectivity index (χ4v) is 4.51. The van der Waals surface area contributed by atoms with E-state index in [9.17, 15) is 14.4 Å². The van der Waals surface area contributed by atoms with E-state index >= 15 is 0 Å². The van der Waals surface area contributed by atoms with Crippen molar-refractivity contribution in [2.24, 2.45) is 5.92 Å². The maximum atomic E-state index is 13.0. The highest BCUT2D eigenvalue weighted by molar-refractivity contribution is 5.94. The summed E-state index contributed by atoms with van der Waals surface area (Å²) in [6.45, 7) is 3.10. The standard InChI is InChI=1S/C25H29N3O3/c29-18-19-6-8-23(9-7-19)27-14-10-21(11-15-27)25(31)28-16-12-22(13-17-28)26-24(30)20-4-2-1-3-5-20/h1-9,18,21-22H,10-17H2,(H,26,30). The highest BCUT2D eigenvalue weighted by atomic mass is 16.2. The van der Waals surface area contributed by atoms with E-state index in [2.05, 4.69) is 10.2 Å². The highest BCUT2D eigenvalue weighted by Crippen LogP contribution is 2.26. The summed E-state index contributed by atoms with van der Waals surface area (Å²) < 4.78 is 0. The van der Waals surface area contributed by atoms with Crippen molar-refractivity contribution in [1.82, 2.24) is 10.2 Å². The third-order valence-corrected chi connectivity index (χ3v) is 6.42. The molecule has 2 aliphatic heterocycles. The second kappa shape index (κ2) is 9.77. The molecule has 162 valence electrons. The topological polar surface area (TPSA) is 69.7 Å². The zero-order chi connectivity index (χ0) is 21.6. The van der Waals surface area contributed by atoms with Crippen molar-refractivity contribution in [1.29, 1.82) is 0 Å². The van der Waals surface area contributed by atoms with Gasteiger partial charge >= 0.3 is 0 Å². The zero-order valence-electron chi connectivity index (χ0n) is 17.7. The van der Waals surface area contributed by atoms with E-state index in [0.29, 0.717) is 24.2 Å². The van der Waals surface area contributed by atoms with Gasteiger partial charge in [0.2, 0.25) is 5.91 Å². The van der Waals surface area contributed by atoms with Crippen molar-refractivity contribution in [3.63, 3.8) is 0 Å². The summed E-state index contributed by atoms with van der Waals surface area (Å²) in [6.07, 6.45) is 4.14. The Morgan fingerprint density at radius 2 is 1.48 bits per heavy atom. The summed E-state index contributed by atoms with van der Waals surface area (Å²) >= 11 is 0. The molecule has 2 amide bonds. The third-order valence-electron chi connectivity index (χ3n) is 6.42. The minimum Gasteiger partial charge on any atom is -0.371 e. The molecule has 2 fully saturated rings. The smallest absolute Gasteiger partial charge is 0.251 e. The minimum absolute atomic E-state index is 0.0427. The fraction of sp³-hybridized carbons (Fsp3) is 0.400. The molecule has 0 aromatic heterocycles. The van der Waals surface area contributed by atoms with E-state index in [1.807, 2.05) is 59.5 Å². The minimum atomic E-state index is -0.0427. The first-order valence-corrected chi connectivity index (χ1v) is 11.1. The van der Waals surface area contributed by atoms with E-state index in [-0.39, 0.29) is 23.8 Å². The Bertz CT molecular complexity index is 897. The number of amides is 2. The molecule has 2 aromatic carbocycles. The molecular formula is C25H29N3O3. The number of hydrogen-bond donors (Lipinski definition) is 1. The summed E-state index contributed by atoms with van der Waals surface area (Å²) in [5.41, 5.74) is 2.46. The Balaban J connectivity index is 1.23. The third kappa shape index (κ3) is 5.13. The summed E-state index contributed by atoms with van der Waals surface area (Å²) in [4.78, 5) is 40.4. The molecule has 0 atom stereocenters. The van der Waals surface area contributed by atoms with Crippen LogP contribution in [0, 0.1) is 5.92 Å². The Morgan fingerprint density at radius 3 is 2.10 bits per heavy atom. The quantitative estimate of drug-likeness (QED) is 0.756. The van der Waals surface area contributed by atoms with Crippen LogP contribution in [0.1, 0.15) is 46.4 Å². The SMILES string of the molecule is O=Cc1ccc(N2CCC(C(=O)N3CCC(NC(=O)c4ccccc4)CC3)CC2)cc1. The first-order valence-electron chi connectivity index (χ1n) is 11.1. The number of carbonyl (C=O) groups is 3. The number of likely N-dealkylation sites (tertiary alicyclic amines) is 1. The average molecular weight is 420 g/mol. The van der Waals surface area contributed by atoms with Crippen LogP contribution in [0.4, 0.5) is 5.69 Å². The molecular weight excluding hydrogens is 390 g/mol. The number of aldehydes is 1. The van der Waals surface area contributed by atoms with Crippen LogP contribution in [0.3, 0.4) is 0 Å². The number of piperidine rings is 2. The molecule has 1 N–H and O–H groups in total. The van der Waals surface area contributed by atoms with Crippen LogP contribution < -0.4 is 10.2 Å². The van der Waals surface area contributed by atoms with E-state index in [4.69, 9.17) is 0 Å². The molecule has 2 saturated heterocycles. The number of hydrogen-bond acceptors (Lipinski definition) is 4. The molecule has 0 bridgehead atoms. The van der Waals surface area contributed by atoms with Gasteiger partial charge in [-0.3, -0.25) is 14.4 Å². The largest absolute Gasteiger partial charge is 0.371 e. The van der Waals surface area contributed by atoms with Crippen molar-refractivity contribution in [2.45, 2.75) is 31.7 Å². The summed E-state index contributed by atoms with van der Waals surface area (Å²) in [5.74, 6) is 0.281. The van der Waals surface area contributed by atoms with Gasteiger partial charge in [0, 0.05) is 55.0 Å². The molecule has 2 aliphatic rings. The van der Waals surface area contributed by atoms with Crippen molar-refractivity contribution >= 4 is 23.8 Å². The van der Waals surface area contributed by atoms with Gasteiger partial charge in [0.15, 0.2) is 0 Å². The first kappa shape index (κ1) is 21.1. The number of carbonyl (C=O) groups excluding carboxylic acids is 3. The summed E-state index contributed by atoms with van der Waals surface area (Å²) in [7, 11) is 0. The zero-order valence-corrected chi connectivity index (χ0v) is 17.7. The average Bonchev–Trinajstić information content (AvgIpc) is 2.85. The monoisotopic (exact) mass is 419 g/mol. The van der Waals surface area contributed by atoms with Gasteiger partial charge < -0.3 is 15.1 Å². The molecule has 6 nitrogen and oxygen atoms in total. The van der Waals surface area contributed by atoms with Gasteiger partial charge in [0.25, 0.3) is 5.91 Å². The lowest BCUT2D eigenvalue weighted by atomic mass is 9.93. The molecule has 0 unspecified atom stereocenters. The first-order chi connectivity index (χ1) is 15.1. The number of rotatable bonds is 5. The Kier molecular flexibility index (Phi) is 6.65. The van der Waals surface area contributed by atoms with Crippen LogP contribution in [0.15, 0.2) is 54.6 Å². The van der Waals surface area contributed by atoms with Gasteiger partial charge in [-0.15, -0.1) is 0 Å². The Labute approximate surface area is 183 Å². The van der Waals surface area contributed by atoms with E-state index in [1.165, 1.54) is 0 Å². The maximum absolute atomic E-state index is 13.0. The molecule has 0 radical (unpaired) electrons. The predicted molar refractivity (Wildman–Crippen MR) is 120 cm³/mol. The van der Waals surface area contributed by atoms with Crippen LogP contribution in [0.25, 0.3) is 0 Å². The lowest BCUT2D eigenvalue weighted by molar-refractivity contribution is -0.137. The van der Waals surface area contributed by atoms with Gasteiger partial charge in [0.05, 0.1) is 0 Å². The summed E-state index contributed by atoms with van der Waals surface area (Å²) in [6, 6.07) is 17.0. The van der Waals surface area contributed by atoms with Gasteiger partial charge in [-0.2, -0.15) is 0 Å². The molecule has 0 spiro atoms. The molecule has 2 heterocycles. The van der Waals surface area contributed by atoms with Crippen molar-refractivity contribution in [3.8, 4) is 0 Å². The van der Waals surface area contributed by atoms with Gasteiger partial charge in [0.1, 0.15) is 6.29 Å². The number of nitrogens with zero attached hydrogens (tertiary/aromatic N) is 2. The fourth-order valence-electron chi connectivity index (χ4n) is 4.51. The molecule has 6 heteroatoms. The number of nitrogens with one attached hydrogen (secondary N) is 1. The highest BCUT2D eigenvalue weighted by Gasteiger charge is 2.31. The normalized spacial score (nSPS) is 17.9. The van der Waals surface area contributed by atoms with E-state index in [0.717, 1.165) is 50.7 Å². The van der Waals surface area contributed by atoms with Crippen LogP contribution in [-0.4, -0.2) is 55.2 Å². The van der Waals surface area contributed by atoms with Gasteiger partial charge in [-0.1, -0.05) is 18.2 Å². The number of anilines is 1.